The van der Waals surface area contributed by atoms with Crippen LogP contribution in [0, 0.1) is 0 Å². The molecule has 1 aliphatic heterocycles. The number of rotatable bonds is 13. The maximum absolute atomic E-state index is 10.4. The summed E-state index contributed by atoms with van der Waals surface area (Å²) in [7, 11) is 5.23. The lowest BCUT2D eigenvalue weighted by atomic mass is 10.2. The largest absolute Gasteiger partial charge is 0.497 e. The van der Waals surface area contributed by atoms with Crippen LogP contribution >= 0.6 is 0 Å². The third-order valence-corrected chi connectivity index (χ3v) is 5.46. The molecule has 0 aromatic heterocycles. The first-order valence-corrected chi connectivity index (χ1v) is 11.3. The lowest BCUT2D eigenvalue weighted by molar-refractivity contribution is 0.0321. The van der Waals surface area contributed by atoms with Crippen molar-refractivity contribution in [1.82, 2.24) is 9.80 Å². The van der Waals surface area contributed by atoms with Crippen molar-refractivity contribution >= 4 is 0 Å². The number of aliphatic hydroxyl groups excluding tert-OH is 1. The van der Waals surface area contributed by atoms with Gasteiger partial charge < -0.3 is 28.8 Å². The van der Waals surface area contributed by atoms with E-state index >= 15 is 0 Å². The fraction of sp³-hybridized carbons (Fsp3) is 0.520. The number of ether oxygens (including phenoxy) is 5. The van der Waals surface area contributed by atoms with Crippen molar-refractivity contribution in [3.8, 4) is 23.0 Å². The Bertz CT molecular complexity index is 843. The second-order valence-corrected chi connectivity index (χ2v) is 8.13. The van der Waals surface area contributed by atoms with Crippen LogP contribution in [-0.4, -0.2) is 94.9 Å². The van der Waals surface area contributed by atoms with Crippen molar-refractivity contribution in [3.63, 3.8) is 0 Å². The minimum Gasteiger partial charge on any atom is -0.497 e. The highest BCUT2D eigenvalue weighted by Crippen LogP contribution is 2.28. The molecule has 0 bridgehead atoms. The molecule has 33 heavy (non-hydrogen) atoms. The van der Waals surface area contributed by atoms with Crippen LogP contribution in [0.15, 0.2) is 42.5 Å². The van der Waals surface area contributed by atoms with E-state index in [1.807, 2.05) is 48.3 Å². The summed E-state index contributed by atoms with van der Waals surface area (Å²) in [5.41, 5.74) is 1.08. The molecule has 1 N–H and O–H groups in total. The number of likely N-dealkylation sites (N-methyl/N-ethyl adjacent to an activating group) is 1. The molecule has 0 amide bonds. The van der Waals surface area contributed by atoms with Crippen molar-refractivity contribution in [2.45, 2.75) is 12.6 Å². The first-order valence-electron chi connectivity index (χ1n) is 11.3. The van der Waals surface area contributed by atoms with Crippen molar-refractivity contribution in [2.75, 3.05) is 73.9 Å². The third kappa shape index (κ3) is 8.40. The van der Waals surface area contributed by atoms with Crippen molar-refractivity contribution in [3.05, 3.63) is 48.0 Å². The minimum atomic E-state index is -0.620. The van der Waals surface area contributed by atoms with Crippen LogP contribution in [0.25, 0.3) is 0 Å². The normalized spacial score (nSPS) is 15.3. The molecular weight excluding hydrogens is 424 g/mol. The molecular formula is C25H36N2O6. The Hall–Kier alpha value is -2.52. The third-order valence-electron chi connectivity index (χ3n) is 5.46. The summed E-state index contributed by atoms with van der Waals surface area (Å²) in [5, 5.41) is 10.4. The van der Waals surface area contributed by atoms with E-state index in [1.165, 1.54) is 0 Å². The van der Waals surface area contributed by atoms with E-state index in [-0.39, 0.29) is 6.61 Å². The minimum absolute atomic E-state index is 0.205. The van der Waals surface area contributed by atoms with Gasteiger partial charge in [0.25, 0.3) is 0 Å². The molecule has 0 radical (unpaired) electrons. The average molecular weight is 461 g/mol. The molecule has 0 aliphatic carbocycles. The zero-order valence-electron chi connectivity index (χ0n) is 19.9. The van der Waals surface area contributed by atoms with Gasteiger partial charge in [0, 0.05) is 38.8 Å². The topological polar surface area (TPSA) is 72.9 Å². The van der Waals surface area contributed by atoms with Gasteiger partial charge in [-0.25, -0.2) is 0 Å². The number of hydrogen-bond donors (Lipinski definition) is 1. The predicted molar refractivity (Wildman–Crippen MR) is 127 cm³/mol. The van der Waals surface area contributed by atoms with Crippen LogP contribution in [-0.2, 0) is 11.3 Å². The Morgan fingerprint density at radius 3 is 2.55 bits per heavy atom. The average Bonchev–Trinajstić information content (AvgIpc) is 2.84. The summed E-state index contributed by atoms with van der Waals surface area (Å²) >= 11 is 0. The standard InChI is InChI=1S/C25H36N2O6/c1-26(18-21(28)19-33-23-6-4-5-22(16-23)29-2)17-20-7-8-24(25(15-20)30-3)32-14-11-27-9-12-31-13-10-27/h4-8,15-16,21,28H,9-14,17-19H2,1-3H3/t21-/m0/s1. The van der Waals surface area contributed by atoms with E-state index in [4.69, 9.17) is 23.7 Å². The highest BCUT2D eigenvalue weighted by molar-refractivity contribution is 5.43. The predicted octanol–water partition coefficient (Wildman–Crippen LogP) is 2.29. The number of morpholine rings is 1. The smallest absolute Gasteiger partial charge is 0.161 e. The molecule has 1 atom stereocenters. The molecule has 1 saturated heterocycles. The van der Waals surface area contributed by atoms with Gasteiger partial charge >= 0.3 is 0 Å². The second kappa shape index (κ2) is 13.3. The van der Waals surface area contributed by atoms with Gasteiger partial charge in [0.15, 0.2) is 11.5 Å². The zero-order valence-corrected chi connectivity index (χ0v) is 19.9. The molecule has 3 rings (SSSR count). The summed E-state index contributed by atoms with van der Waals surface area (Å²) in [6.07, 6.45) is -0.620. The van der Waals surface area contributed by atoms with Crippen LogP contribution in [0.5, 0.6) is 23.0 Å². The van der Waals surface area contributed by atoms with Gasteiger partial charge in [-0.1, -0.05) is 12.1 Å². The highest BCUT2D eigenvalue weighted by atomic mass is 16.5. The number of hydrogen-bond acceptors (Lipinski definition) is 8. The van der Waals surface area contributed by atoms with Gasteiger partial charge in [-0.2, -0.15) is 0 Å². The molecule has 1 heterocycles. The Kier molecular flexibility index (Phi) is 10.1. The van der Waals surface area contributed by atoms with Gasteiger partial charge in [-0.15, -0.1) is 0 Å². The molecule has 1 fully saturated rings. The van der Waals surface area contributed by atoms with Gasteiger partial charge in [0.05, 0.1) is 27.4 Å². The molecule has 8 nitrogen and oxygen atoms in total. The molecule has 182 valence electrons. The van der Waals surface area contributed by atoms with Gasteiger partial charge in [0.1, 0.15) is 30.8 Å². The van der Waals surface area contributed by atoms with Crippen LogP contribution < -0.4 is 18.9 Å². The van der Waals surface area contributed by atoms with Crippen molar-refractivity contribution < 1.29 is 28.8 Å². The summed E-state index contributed by atoms with van der Waals surface area (Å²) < 4.78 is 27.8. The number of nitrogens with zero attached hydrogens (tertiary/aromatic N) is 2. The first kappa shape index (κ1) is 25.1. The first-order chi connectivity index (χ1) is 16.1. The number of benzene rings is 2. The Balaban J connectivity index is 1.43. The maximum Gasteiger partial charge on any atom is 0.161 e. The molecule has 0 unspecified atom stereocenters. The fourth-order valence-corrected chi connectivity index (χ4v) is 3.71. The van der Waals surface area contributed by atoms with Gasteiger partial charge in [0.2, 0.25) is 0 Å². The quantitative estimate of drug-likeness (QED) is 0.488. The van der Waals surface area contributed by atoms with Crippen LogP contribution in [0.4, 0.5) is 0 Å². The SMILES string of the molecule is COc1cccc(OC[C@@H](O)CN(C)Cc2ccc(OCCN3CCOCC3)c(OC)c2)c1. The van der Waals surface area contributed by atoms with Gasteiger partial charge in [-0.3, -0.25) is 9.80 Å². The molecule has 0 saturated carbocycles. The molecule has 0 spiro atoms. The molecule has 2 aromatic carbocycles. The van der Waals surface area contributed by atoms with E-state index in [9.17, 15) is 5.11 Å². The fourth-order valence-electron chi connectivity index (χ4n) is 3.71. The van der Waals surface area contributed by atoms with Crippen LogP contribution in [0.3, 0.4) is 0 Å². The summed E-state index contributed by atoms with van der Waals surface area (Å²) in [5.74, 6) is 2.85. The molecule has 1 aliphatic rings. The van der Waals surface area contributed by atoms with Crippen molar-refractivity contribution in [1.29, 1.82) is 0 Å². The van der Waals surface area contributed by atoms with Crippen molar-refractivity contribution in [2.24, 2.45) is 0 Å². The van der Waals surface area contributed by atoms with E-state index in [1.54, 1.807) is 20.3 Å². The lowest BCUT2D eigenvalue weighted by Gasteiger charge is -2.26. The summed E-state index contributed by atoms with van der Waals surface area (Å²) in [6.45, 7) is 6.29. The summed E-state index contributed by atoms with van der Waals surface area (Å²) in [6, 6.07) is 13.3. The maximum atomic E-state index is 10.4. The summed E-state index contributed by atoms with van der Waals surface area (Å²) in [4.78, 5) is 4.38. The number of methoxy groups -OCH3 is 2. The number of aliphatic hydroxyl groups is 1. The van der Waals surface area contributed by atoms with E-state index in [2.05, 4.69) is 4.90 Å². The van der Waals surface area contributed by atoms with Crippen LogP contribution in [0.1, 0.15) is 5.56 Å². The second-order valence-electron chi connectivity index (χ2n) is 8.13. The lowest BCUT2D eigenvalue weighted by Crippen LogP contribution is -2.38. The Labute approximate surface area is 196 Å². The highest BCUT2D eigenvalue weighted by Gasteiger charge is 2.13. The van der Waals surface area contributed by atoms with E-state index < -0.39 is 6.10 Å². The van der Waals surface area contributed by atoms with E-state index in [0.717, 1.165) is 49.9 Å². The van der Waals surface area contributed by atoms with Crippen LogP contribution in [0.2, 0.25) is 0 Å². The molecule has 8 heteroatoms. The van der Waals surface area contributed by atoms with Gasteiger partial charge in [-0.05, 0) is 36.9 Å². The van der Waals surface area contributed by atoms with E-state index in [0.29, 0.717) is 31.2 Å². The Morgan fingerprint density at radius 2 is 1.79 bits per heavy atom. The molecule has 2 aromatic rings. The monoisotopic (exact) mass is 460 g/mol. The Morgan fingerprint density at radius 1 is 1.00 bits per heavy atom. The zero-order chi connectivity index (χ0) is 23.5.